The Balaban J connectivity index is 0.00000192. The number of benzene rings is 1. The summed E-state index contributed by atoms with van der Waals surface area (Å²) in [5.74, 6) is 0.823. The van der Waals surface area contributed by atoms with E-state index in [0.717, 1.165) is 37.6 Å². The molecule has 2 aliphatic rings. The Labute approximate surface area is 154 Å². The van der Waals surface area contributed by atoms with Crippen LogP contribution in [0.5, 0.6) is 0 Å². The number of aliphatic imine (C=N–C) groups is 1. The Morgan fingerprint density at radius 3 is 2.87 bits per heavy atom. The quantitative estimate of drug-likeness (QED) is 0.440. The van der Waals surface area contributed by atoms with Crippen LogP contribution >= 0.6 is 24.0 Å². The van der Waals surface area contributed by atoms with Crippen molar-refractivity contribution in [2.24, 2.45) is 4.99 Å². The van der Waals surface area contributed by atoms with Gasteiger partial charge in [0.15, 0.2) is 5.96 Å². The van der Waals surface area contributed by atoms with Crippen LogP contribution in [0.3, 0.4) is 0 Å². The number of amides is 1. The van der Waals surface area contributed by atoms with Crippen molar-refractivity contribution in [3.63, 3.8) is 0 Å². The third kappa shape index (κ3) is 4.83. The molecule has 23 heavy (non-hydrogen) atoms. The van der Waals surface area contributed by atoms with E-state index in [2.05, 4.69) is 21.7 Å². The summed E-state index contributed by atoms with van der Waals surface area (Å²) in [5, 5.41) is 6.54. The highest BCUT2D eigenvalue weighted by Crippen LogP contribution is 2.26. The van der Waals surface area contributed by atoms with Crippen LogP contribution < -0.4 is 15.5 Å². The lowest BCUT2D eigenvalue weighted by Gasteiger charge is -2.29. The SMILES string of the molecule is CCNC(=NCC(=O)N1CCCc2ccccc21)NC1CC1.I. The molecule has 3 rings (SSSR count). The molecule has 1 saturated carbocycles. The first-order valence-corrected chi connectivity index (χ1v) is 8.21. The maximum atomic E-state index is 12.5. The second kappa shape index (κ2) is 8.52. The van der Waals surface area contributed by atoms with Crippen LogP contribution in [-0.2, 0) is 11.2 Å². The van der Waals surface area contributed by atoms with Gasteiger partial charge in [0.05, 0.1) is 0 Å². The molecule has 2 N–H and O–H groups in total. The second-order valence-electron chi connectivity index (χ2n) is 5.89. The summed E-state index contributed by atoms with van der Waals surface area (Å²) in [6.07, 6.45) is 4.46. The number of hydrogen-bond acceptors (Lipinski definition) is 2. The fraction of sp³-hybridized carbons (Fsp3) is 0.529. The zero-order valence-electron chi connectivity index (χ0n) is 13.5. The maximum Gasteiger partial charge on any atom is 0.248 e. The number of carbonyl (C=O) groups excluding carboxylic acids is 1. The van der Waals surface area contributed by atoms with E-state index < -0.39 is 0 Å². The molecule has 1 aliphatic heterocycles. The molecule has 0 radical (unpaired) electrons. The molecule has 0 spiro atoms. The van der Waals surface area contributed by atoms with E-state index in [1.54, 1.807) is 0 Å². The number of fused-ring (bicyclic) bond motifs is 1. The fourth-order valence-electron chi connectivity index (χ4n) is 2.77. The van der Waals surface area contributed by atoms with E-state index in [1.165, 1.54) is 18.4 Å². The van der Waals surface area contributed by atoms with Gasteiger partial charge in [0.25, 0.3) is 0 Å². The van der Waals surface area contributed by atoms with Gasteiger partial charge in [0.1, 0.15) is 6.54 Å². The molecule has 126 valence electrons. The van der Waals surface area contributed by atoms with Crippen molar-refractivity contribution < 1.29 is 4.79 Å². The Bertz CT molecular complexity index is 571. The van der Waals surface area contributed by atoms with Crippen molar-refractivity contribution in [2.75, 3.05) is 24.5 Å². The number of carbonyl (C=O) groups is 1. The van der Waals surface area contributed by atoms with E-state index >= 15 is 0 Å². The van der Waals surface area contributed by atoms with Crippen LogP contribution in [0.2, 0.25) is 0 Å². The molecule has 5 nitrogen and oxygen atoms in total. The summed E-state index contributed by atoms with van der Waals surface area (Å²) in [5.41, 5.74) is 2.31. The lowest BCUT2D eigenvalue weighted by Crippen LogP contribution is -2.41. The highest BCUT2D eigenvalue weighted by atomic mass is 127. The highest BCUT2D eigenvalue weighted by Gasteiger charge is 2.24. The third-order valence-corrected chi connectivity index (χ3v) is 4.05. The first kappa shape index (κ1) is 18.0. The van der Waals surface area contributed by atoms with Crippen molar-refractivity contribution >= 4 is 41.5 Å². The molecule has 1 fully saturated rings. The molecule has 1 aromatic carbocycles. The number of anilines is 1. The fourth-order valence-corrected chi connectivity index (χ4v) is 2.77. The van der Waals surface area contributed by atoms with Crippen LogP contribution in [0.4, 0.5) is 5.69 Å². The van der Waals surface area contributed by atoms with Gasteiger partial charge in [0, 0.05) is 24.8 Å². The molecule has 1 heterocycles. The van der Waals surface area contributed by atoms with Gasteiger partial charge >= 0.3 is 0 Å². The Kier molecular flexibility index (Phi) is 6.68. The smallest absolute Gasteiger partial charge is 0.248 e. The molecule has 1 aliphatic carbocycles. The summed E-state index contributed by atoms with van der Waals surface area (Å²) in [4.78, 5) is 18.9. The molecule has 1 amide bonds. The van der Waals surface area contributed by atoms with Crippen LogP contribution in [0.1, 0.15) is 31.7 Å². The average Bonchev–Trinajstić information content (AvgIpc) is 3.36. The van der Waals surface area contributed by atoms with Gasteiger partial charge in [-0.15, -0.1) is 24.0 Å². The van der Waals surface area contributed by atoms with Gasteiger partial charge in [-0.05, 0) is 44.2 Å². The zero-order valence-corrected chi connectivity index (χ0v) is 15.9. The number of nitrogens with one attached hydrogen (secondary N) is 2. The zero-order chi connectivity index (χ0) is 15.4. The van der Waals surface area contributed by atoms with Crippen LogP contribution in [0.25, 0.3) is 0 Å². The van der Waals surface area contributed by atoms with Gasteiger partial charge < -0.3 is 15.5 Å². The first-order valence-electron chi connectivity index (χ1n) is 8.21. The molecular formula is C17H25IN4O. The normalized spacial score (nSPS) is 17.1. The van der Waals surface area contributed by atoms with Crippen LogP contribution in [0, 0.1) is 0 Å². The molecule has 0 saturated heterocycles. The standard InChI is InChI=1S/C17H24N4O.HI/c1-2-18-17(20-14-9-10-14)19-12-16(22)21-11-5-7-13-6-3-4-8-15(13)21;/h3-4,6,8,14H,2,5,7,9-12H2,1H3,(H2,18,19,20);1H. The Hall–Kier alpha value is -1.31. The topological polar surface area (TPSA) is 56.7 Å². The van der Waals surface area contributed by atoms with Crippen molar-refractivity contribution in [2.45, 2.75) is 38.6 Å². The number of para-hydroxylation sites is 1. The van der Waals surface area contributed by atoms with Crippen molar-refractivity contribution in [3.8, 4) is 0 Å². The molecule has 1 aromatic rings. The minimum absolute atomic E-state index is 0. The average molecular weight is 428 g/mol. The van der Waals surface area contributed by atoms with E-state index in [-0.39, 0.29) is 36.4 Å². The van der Waals surface area contributed by atoms with Gasteiger partial charge in [0.2, 0.25) is 5.91 Å². The minimum Gasteiger partial charge on any atom is -0.357 e. The van der Waals surface area contributed by atoms with E-state index in [4.69, 9.17) is 0 Å². The third-order valence-electron chi connectivity index (χ3n) is 4.05. The Morgan fingerprint density at radius 1 is 1.35 bits per heavy atom. The Morgan fingerprint density at radius 2 is 2.13 bits per heavy atom. The van der Waals surface area contributed by atoms with Gasteiger partial charge in [-0.1, -0.05) is 18.2 Å². The molecule has 0 unspecified atom stereocenters. The number of rotatable bonds is 4. The summed E-state index contributed by atoms with van der Waals surface area (Å²) < 4.78 is 0. The summed E-state index contributed by atoms with van der Waals surface area (Å²) in [6.45, 7) is 3.82. The van der Waals surface area contributed by atoms with Crippen LogP contribution in [0.15, 0.2) is 29.3 Å². The molecule has 0 bridgehead atoms. The molecular weight excluding hydrogens is 403 g/mol. The number of nitrogens with zero attached hydrogens (tertiary/aromatic N) is 2. The van der Waals surface area contributed by atoms with Crippen molar-refractivity contribution in [1.29, 1.82) is 0 Å². The number of aryl methyl sites for hydroxylation is 1. The number of hydrogen-bond donors (Lipinski definition) is 2. The summed E-state index contributed by atoms with van der Waals surface area (Å²) in [7, 11) is 0. The van der Waals surface area contributed by atoms with Gasteiger partial charge in [-0.3, -0.25) is 4.79 Å². The molecule has 0 aromatic heterocycles. The molecule has 0 atom stereocenters. The number of guanidine groups is 1. The molecule has 6 heteroatoms. The maximum absolute atomic E-state index is 12.5. The van der Waals surface area contributed by atoms with Crippen LogP contribution in [-0.4, -0.2) is 37.5 Å². The predicted octanol–water partition coefficient (Wildman–Crippen LogP) is 2.30. The first-order chi connectivity index (χ1) is 10.8. The summed E-state index contributed by atoms with van der Waals surface area (Å²) >= 11 is 0. The largest absolute Gasteiger partial charge is 0.357 e. The number of halogens is 1. The minimum atomic E-state index is 0. The lowest BCUT2D eigenvalue weighted by atomic mass is 10.0. The van der Waals surface area contributed by atoms with E-state index in [9.17, 15) is 4.79 Å². The van der Waals surface area contributed by atoms with E-state index in [1.807, 2.05) is 30.0 Å². The lowest BCUT2D eigenvalue weighted by molar-refractivity contribution is -0.117. The monoisotopic (exact) mass is 428 g/mol. The second-order valence-corrected chi connectivity index (χ2v) is 5.89. The predicted molar refractivity (Wildman–Crippen MR) is 105 cm³/mol. The van der Waals surface area contributed by atoms with Crippen molar-refractivity contribution in [3.05, 3.63) is 29.8 Å². The van der Waals surface area contributed by atoms with Gasteiger partial charge in [-0.25, -0.2) is 4.99 Å². The van der Waals surface area contributed by atoms with E-state index in [0.29, 0.717) is 6.04 Å². The highest BCUT2D eigenvalue weighted by molar-refractivity contribution is 14.0. The van der Waals surface area contributed by atoms with Gasteiger partial charge in [-0.2, -0.15) is 0 Å². The van der Waals surface area contributed by atoms with Crippen molar-refractivity contribution in [1.82, 2.24) is 10.6 Å². The summed E-state index contributed by atoms with van der Waals surface area (Å²) in [6, 6.07) is 8.70.